The van der Waals surface area contributed by atoms with Crippen LogP contribution in [0.15, 0.2) is 54.6 Å². The second-order valence-electron chi connectivity index (χ2n) is 6.33. The van der Waals surface area contributed by atoms with Crippen molar-refractivity contribution < 1.29 is 4.74 Å². The molecule has 3 unspecified atom stereocenters. The predicted molar refractivity (Wildman–Crippen MR) is 92.2 cm³/mol. The van der Waals surface area contributed by atoms with E-state index in [2.05, 4.69) is 67.7 Å². The maximum absolute atomic E-state index is 5.75. The molecule has 1 saturated heterocycles. The maximum atomic E-state index is 5.75. The van der Waals surface area contributed by atoms with Gasteiger partial charge in [0.25, 0.3) is 0 Å². The van der Waals surface area contributed by atoms with Gasteiger partial charge in [0.15, 0.2) is 0 Å². The third-order valence-electron chi connectivity index (χ3n) is 4.35. The summed E-state index contributed by atoms with van der Waals surface area (Å²) in [5.74, 6) is 0. The lowest BCUT2D eigenvalue weighted by Gasteiger charge is -2.10. The lowest BCUT2D eigenvalue weighted by Crippen LogP contribution is -2.08. The molecule has 0 saturated carbocycles. The van der Waals surface area contributed by atoms with Gasteiger partial charge >= 0.3 is 0 Å². The molecular formula is C20H25NO. The molecule has 2 aromatic rings. The van der Waals surface area contributed by atoms with E-state index in [9.17, 15) is 0 Å². The van der Waals surface area contributed by atoms with E-state index < -0.39 is 0 Å². The highest BCUT2D eigenvalue weighted by atomic mass is 16.5. The molecule has 2 nitrogen and oxygen atoms in total. The summed E-state index contributed by atoms with van der Waals surface area (Å²) in [6.45, 7) is 4.35. The normalized spacial score (nSPS) is 25.8. The standard InChI is InChI=1S/C11H14O.C9H11N/c1-9-7-8-11(12-9)10-5-3-2-4-6-10;1-7-6-8-4-2-3-5-9(8)10-7/h2-6,9,11H,7-8H2,1H3;2-5,7,10H,6H2,1H3. The second kappa shape index (κ2) is 6.97. The highest BCUT2D eigenvalue weighted by Gasteiger charge is 2.22. The SMILES string of the molecule is CC1CCC(c2ccccc2)O1.CC1Cc2ccccc2N1. The summed E-state index contributed by atoms with van der Waals surface area (Å²) in [5, 5.41) is 3.40. The van der Waals surface area contributed by atoms with Crippen LogP contribution in [0.2, 0.25) is 0 Å². The Labute approximate surface area is 133 Å². The van der Waals surface area contributed by atoms with Crippen LogP contribution in [-0.4, -0.2) is 12.1 Å². The molecule has 2 aliphatic rings. The summed E-state index contributed by atoms with van der Waals surface area (Å²) >= 11 is 0. The third-order valence-corrected chi connectivity index (χ3v) is 4.35. The van der Waals surface area contributed by atoms with Crippen LogP contribution in [0.4, 0.5) is 5.69 Å². The number of ether oxygens (including phenoxy) is 1. The van der Waals surface area contributed by atoms with Crippen LogP contribution in [0, 0.1) is 0 Å². The van der Waals surface area contributed by atoms with Crippen molar-refractivity contribution in [3.05, 3.63) is 65.7 Å². The highest BCUT2D eigenvalue weighted by molar-refractivity contribution is 5.56. The highest BCUT2D eigenvalue weighted by Crippen LogP contribution is 2.31. The van der Waals surface area contributed by atoms with Gasteiger partial charge in [-0.2, -0.15) is 0 Å². The average Bonchev–Trinajstić information content (AvgIpc) is 3.13. The molecule has 116 valence electrons. The Bertz CT molecular complexity index is 571. The number of anilines is 1. The van der Waals surface area contributed by atoms with E-state index in [1.54, 1.807) is 0 Å². The largest absolute Gasteiger partial charge is 0.382 e. The van der Waals surface area contributed by atoms with E-state index in [-0.39, 0.29) is 0 Å². The van der Waals surface area contributed by atoms with Gasteiger partial charge in [-0.1, -0.05) is 48.5 Å². The molecule has 1 N–H and O–H groups in total. The van der Waals surface area contributed by atoms with Gasteiger partial charge in [-0.25, -0.2) is 0 Å². The van der Waals surface area contributed by atoms with Gasteiger partial charge in [0.1, 0.15) is 0 Å². The van der Waals surface area contributed by atoms with Crippen molar-refractivity contribution >= 4 is 5.69 Å². The van der Waals surface area contributed by atoms with Gasteiger partial charge in [-0.3, -0.25) is 0 Å². The Morgan fingerprint density at radius 2 is 1.64 bits per heavy atom. The first kappa shape index (κ1) is 15.1. The maximum Gasteiger partial charge on any atom is 0.0829 e. The molecule has 0 aliphatic carbocycles. The van der Waals surface area contributed by atoms with E-state index in [1.165, 1.54) is 36.1 Å². The van der Waals surface area contributed by atoms with Crippen molar-refractivity contribution in [3.8, 4) is 0 Å². The van der Waals surface area contributed by atoms with Crippen LogP contribution >= 0.6 is 0 Å². The van der Waals surface area contributed by atoms with E-state index in [0.29, 0.717) is 18.2 Å². The van der Waals surface area contributed by atoms with Gasteiger partial charge in [0.05, 0.1) is 12.2 Å². The van der Waals surface area contributed by atoms with E-state index >= 15 is 0 Å². The quantitative estimate of drug-likeness (QED) is 0.802. The van der Waals surface area contributed by atoms with Gasteiger partial charge < -0.3 is 10.1 Å². The van der Waals surface area contributed by atoms with E-state index in [1.807, 2.05) is 6.07 Å². The van der Waals surface area contributed by atoms with Gasteiger partial charge in [-0.15, -0.1) is 0 Å². The molecule has 2 heterocycles. The number of rotatable bonds is 1. The molecule has 1 fully saturated rings. The van der Waals surface area contributed by atoms with E-state index in [0.717, 1.165) is 0 Å². The molecule has 2 heteroatoms. The van der Waals surface area contributed by atoms with Crippen LogP contribution in [0.1, 0.15) is 43.9 Å². The average molecular weight is 295 g/mol. The lowest BCUT2D eigenvalue weighted by atomic mass is 10.1. The smallest absolute Gasteiger partial charge is 0.0829 e. The fourth-order valence-electron chi connectivity index (χ4n) is 3.20. The van der Waals surface area contributed by atoms with Crippen LogP contribution in [-0.2, 0) is 11.2 Å². The first-order chi connectivity index (χ1) is 10.7. The van der Waals surface area contributed by atoms with Crippen LogP contribution in [0.5, 0.6) is 0 Å². The third kappa shape index (κ3) is 3.69. The summed E-state index contributed by atoms with van der Waals surface area (Å²) < 4.78 is 5.75. The fourth-order valence-corrected chi connectivity index (χ4v) is 3.20. The number of nitrogens with one attached hydrogen (secondary N) is 1. The minimum absolute atomic E-state index is 0.348. The second-order valence-corrected chi connectivity index (χ2v) is 6.33. The first-order valence-electron chi connectivity index (χ1n) is 8.27. The van der Waals surface area contributed by atoms with Crippen molar-refractivity contribution in [1.29, 1.82) is 0 Å². The molecule has 0 spiro atoms. The van der Waals surface area contributed by atoms with Crippen molar-refractivity contribution in [2.24, 2.45) is 0 Å². The molecule has 0 amide bonds. The molecule has 2 aromatic carbocycles. The molecule has 0 aromatic heterocycles. The molecule has 22 heavy (non-hydrogen) atoms. The van der Waals surface area contributed by atoms with Crippen molar-refractivity contribution in [3.63, 3.8) is 0 Å². The minimum atomic E-state index is 0.348. The molecule has 0 radical (unpaired) electrons. The van der Waals surface area contributed by atoms with Gasteiger partial charge in [0, 0.05) is 11.7 Å². The zero-order valence-electron chi connectivity index (χ0n) is 13.5. The Kier molecular flexibility index (Phi) is 4.79. The number of benzene rings is 2. The molecule has 0 bridgehead atoms. The van der Waals surface area contributed by atoms with Gasteiger partial charge in [0.2, 0.25) is 0 Å². The Hall–Kier alpha value is -1.80. The van der Waals surface area contributed by atoms with Crippen LogP contribution in [0.3, 0.4) is 0 Å². The minimum Gasteiger partial charge on any atom is -0.382 e. The molecule has 3 atom stereocenters. The predicted octanol–water partition coefficient (Wildman–Crippen LogP) is 4.97. The number of para-hydroxylation sites is 1. The fraction of sp³-hybridized carbons (Fsp3) is 0.400. The summed E-state index contributed by atoms with van der Waals surface area (Å²) in [6.07, 6.45) is 4.33. The molecular weight excluding hydrogens is 270 g/mol. The zero-order valence-corrected chi connectivity index (χ0v) is 13.5. The Morgan fingerprint density at radius 1 is 0.909 bits per heavy atom. The summed E-state index contributed by atoms with van der Waals surface area (Å²) in [6, 6.07) is 19.6. The van der Waals surface area contributed by atoms with Crippen molar-refractivity contribution in [1.82, 2.24) is 0 Å². The van der Waals surface area contributed by atoms with E-state index in [4.69, 9.17) is 4.74 Å². The van der Waals surface area contributed by atoms with Crippen LogP contribution < -0.4 is 5.32 Å². The summed E-state index contributed by atoms with van der Waals surface area (Å²) in [7, 11) is 0. The number of fused-ring (bicyclic) bond motifs is 1. The van der Waals surface area contributed by atoms with Crippen molar-refractivity contribution in [2.45, 2.75) is 51.4 Å². The number of hydrogen-bond acceptors (Lipinski definition) is 2. The Balaban J connectivity index is 0.000000133. The van der Waals surface area contributed by atoms with Crippen molar-refractivity contribution in [2.75, 3.05) is 5.32 Å². The topological polar surface area (TPSA) is 21.3 Å². The monoisotopic (exact) mass is 295 g/mol. The molecule has 2 aliphatic heterocycles. The zero-order chi connectivity index (χ0) is 15.4. The molecule has 4 rings (SSSR count). The first-order valence-corrected chi connectivity index (χ1v) is 8.27. The summed E-state index contributed by atoms with van der Waals surface area (Å²) in [4.78, 5) is 0. The number of hydrogen-bond donors (Lipinski definition) is 1. The van der Waals surface area contributed by atoms with Crippen LogP contribution in [0.25, 0.3) is 0 Å². The lowest BCUT2D eigenvalue weighted by molar-refractivity contribution is 0.0555. The van der Waals surface area contributed by atoms with Gasteiger partial charge in [-0.05, 0) is 50.3 Å². The summed E-state index contributed by atoms with van der Waals surface area (Å²) in [5.41, 5.74) is 4.09. The Morgan fingerprint density at radius 3 is 2.32 bits per heavy atom.